The zero-order valence-corrected chi connectivity index (χ0v) is 10.1. The van der Waals surface area contributed by atoms with Crippen LogP contribution in [0, 0.1) is 0 Å². The molecule has 0 aromatic carbocycles. The van der Waals surface area contributed by atoms with Gasteiger partial charge in [0.1, 0.15) is 5.70 Å². The van der Waals surface area contributed by atoms with E-state index in [1.54, 1.807) is 23.3 Å². The van der Waals surface area contributed by atoms with Gasteiger partial charge in [0.15, 0.2) is 5.11 Å². The lowest BCUT2D eigenvalue weighted by atomic mass is 10.3. The Kier molecular flexibility index (Phi) is 2.58. The normalized spacial score (nSPS) is 19.5. The predicted octanol–water partition coefficient (Wildman–Crippen LogP) is 1.78. The van der Waals surface area contributed by atoms with Crippen molar-refractivity contribution in [2.45, 2.75) is 0 Å². The molecule has 3 nitrogen and oxygen atoms in total. The van der Waals surface area contributed by atoms with E-state index in [9.17, 15) is 4.79 Å². The van der Waals surface area contributed by atoms with Gasteiger partial charge >= 0.3 is 0 Å². The molecule has 0 atom stereocenters. The number of hydrogen-bond acceptors (Lipinski definition) is 3. The minimum absolute atomic E-state index is 0.0455. The zero-order valence-electron chi connectivity index (χ0n) is 8.43. The fraction of sp³-hybridized carbons (Fsp3) is 0.200. The van der Waals surface area contributed by atoms with E-state index < -0.39 is 0 Å². The molecule has 15 heavy (non-hydrogen) atoms. The molecule has 0 radical (unpaired) electrons. The number of thiophene rings is 1. The summed E-state index contributed by atoms with van der Waals surface area (Å²) in [5, 5.41) is 2.52. The van der Waals surface area contributed by atoms with Gasteiger partial charge in [-0.15, -0.1) is 11.3 Å². The molecule has 0 bridgehead atoms. The molecular weight excluding hydrogens is 228 g/mol. The van der Waals surface area contributed by atoms with E-state index in [1.807, 2.05) is 30.6 Å². The maximum atomic E-state index is 11.8. The second kappa shape index (κ2) is 3.75. The van der Waals surface area contributed by atoms with Crippen molar-refractivity contribution in [3.05, 3.63) is 28.1 Å². The molecule has 1 aliphatic heterocycles. The van der Waals surface area contributed by atoms with Gasteiger partial charge in [-0.3, -0.25) is 9.69 Å². The van der Waals surface area contributed by atoms with Crippen molar-refractivity contribution in [2.75, 3.05) is 14.1 Å². The second-order valence-electron chi connectivity index (χ2n) is 3.25. The number of likely N-dealkylation sites (N-methyl/N-ethyl adjacent to an activating group) is 2. The summed E-state index contributed by atoms with van der Waals surface area (Å²) in [5.74, 6) is -0.0455. The van der Waals surface area contributed by atoms with E-state index >= 15 is 0 Å². The van der Waals surface area contributed by atoms with Crippen LogP contribution in [0.1, 0.15) is 4.88 Å². The van der Waals surface area contributed by atoms with Crippen molar-refractivity contribution >= 4 is 40.7 Å². The van der Waals surface area contributed by atoms with Crippen molar-refractivity contribution < 1.29 is 4.79 Å². The molecule has 0 spiro atoms. The van der Waals surface area contributed by atoms with E-state index in [0.29, 0.717) is 10.8 Å². The Bertz CT molecular complexity index is 436. The number of thiocarbonyl (C=S) groups is 1. The number of carbonyl (C=O) groups excluding carboxylic acids is 1. The molecule has 1 aromatic rings. The molecule has 0 unspecified atom stereocenters. The fourth-order valence-electron chi connectivity index (χ4n) is 1.40. The zero-order chi connectivity index (χ0) is 11.0. The van der Waals surface area contributed by atoms with Crippen molar-refractivity contribution in [3.8, 4) is 0 Å². The average molecular weight is 238 g/mol. The summed E-state index contributed by atoms with van der Waals surface area (Å²) in [6, 6.07) is 3.93. The monoisotopic (exact) mass is 238 g/mol. The van der Waals surface area contributed by atoms with Crippen molar-refractivity contribution in [3.63, 3.8) is 0 Å². The van der Waals surface area contributed by atoms with Crippen LogP contribution in [0.4, 0.5) is 0 Å². The lowest BCUT2D eigenvalue weighted by Gasteiger charge is -2.10. The molecule has 2 heterocycles. The first-order valence-electron chi connectivity index (χ1n) is 4.42. The summed E-state index contributed by atoms with van der Waals surface area (Å²) >= 11 is 6.71. The first kappa shape index (κ1) is 10.3. The highest BCUT2D eigenvalue weighted by atomic mass is 32.1. The topological polar surface area (TPSA) is 23.6 Å². The summed E-state index contributed by atoms with van der Waals surface area (Å²) in [5.41, 5.74) is 0.630. The van der Waals surface area contributed by atoms with Gasteiger partial charge in [0.05, 0.1) is 0 Å². The van der Waals surface area contributed by atoms with E-state index in [-0.39, 0.29) is 5.91 Å². The lowest BCUT2D eigenvalue weighted by Crippen LogP contribution is -2.26. The molecule has 0 aliphatic carbocycles. The maximum absolute atomic E-state index is 11.8. The molecule has 5 heteroatoms. The summed E-state index contributed by atoms with van der Waals surface area (Å²) in [6.45, 7) is 0. The highest BCUT2D eigenvalue weighted by Gasteiger charge is 2.32. The van der Waals surface area contributed by atoms with Crippen LogP contribution < -0.4 is 0 Å². The van der Waals surface area contributed by atoms with Crippen LogP contribution >= 0.6 is 23.6 Å². The van der Waals surface area contributed by atoms with Gasteiger partial charge in [0.2, 0.25) is 0 Å². The Morgan fingerprint density at radius 3 is 2.60 bits per heavy atom. The molecule has 0 saturated carbocycles. The van der Waals surface area contributed by atoms with Crippen LogP contribution in [0.25, 0.3) is 6.08 Å². The SMILES string of the molecule is CN1C(=O)/C(=C\c2cccs2)N(C)C1=S. The summed E-state index contributed by atoms with van der Waals surface area (Å²) in [4.78, 5) is 16.1. The molecule has 1 saturated heterocycles. The number of amides is 1. The molecule has 2 rings (SSSR count). The van der Waals surface area contributed by atoms with Gasteiger partial charge in [-0.05, 0) is 29.7 Å². The Morgan fingerprint density at radius 2 is 2.13 bits per heavy atom. The highest BCUT2D eigenvalue weighted by Crippen LogP contribution is 2.22. The molecule has 1 fully saturated rings. The number of carbonyl (C=O) groups is 1. The third-order valence-electron chi connectivity index (χ3n) is 2.28. The highest BCUT2D eigenvalue weighted by molar-refractivity contribution is 7.80. The Hall–Kier alpha value is -1.20. The van der Waals surface area contributed by atoms with Crippen LogP contribution in [-0.2, 0) is 4.79 Å². The van der Waals surface area contributed by atoms with Crippen LogP contribution in [0.3, 0.4) is 0 Å². The maximum Gasteiger partial charge on any atom is 0.276 e. The Balaban J connectivity index is 2.38. The Morgan fingerprint density at radius 1 is 1.40 bits per heavy atom. The van der Waals surface area contributed by atoms with E-state index in [4.69, 9.17) is 12.2 Å². The third kappa shape index (κ3) is 1.68. The molecule has 1 aromatic heterocycles. The number of hydrogen-bond donors (Lipinski definition) is 0. The number of nitrogens with zero attached hydrogens (tertiary/aromatic N) is 2. The van der Waals surface area contributed by atoms with Crippen molar-refractivity contribution in [1.29, 1.82) is 0 Å². The van der Waals surface area contributed by atoms with Crippen LogP contribution in [0.15, 0.2) is 23.2 Å². The van der Waals surface area contributed by atoms with Crippen molar-refractivity contribution in [2.24, 2.45) is 0 Å². The summed E-state index contributed by atoms with van der Waals surface area (Å²) in [7, 11) is 3.50. The van der Waals surface area contributed by atoms with Gasteiger partial charge < -0.3 is 4.90 Å². The van der Waals surface area contributed by atoms with E-state index in [0.717, 1.165) is 4.88 Å². The molecule has 0 N–H and O–H groups in total. The minimum Gasteiger partial charge on any atom is -0.317 e. The minimum atomic E-state index is -0.0455. The first-order chi connectivity index (χ1) is 7.11. The number of rotatable bonds is 1. The lowest BCUT2D eigenvalue weighted by molar-refractivity contribution is -0.121. The second-order valence-corrected chi connectivity index (χ2v) is 4.60. The predicted molar refractivity (Wildman–Crippen MR) is 65.4 cm³/mol. The largest absolute Gasteiger partial charge is 0.317 e. The van der Waals surface area contributed by atoms with Crippen molar-refractivity contribution in [1.82, 2.24) is 9.80 Å². The quantitative estimate of drug-likeness (QED) is 0.550. The van der Waals surface area contributed by atoms with Gasteiger partial charge in [-0.25, -0.2) is 0 Å². The third-order valence-corrected chi connectivity index (χ3v) is 3.65. The van der Waals surface area contributed by atoms with Gasteiger partial charge in [0.25, 0.3) is 5.91 Å². The van der Waals surface area contributed by atoms with Crippen LogP contribution in [0.5, 0.6) is 0 Å². The molecular formula is C10H10N2OS2. The Labute approximate surface area is 97.6 Å². The fourth-order valence-corrected chi connectivity index (χ4v) is 2.23. The van der Waals surface area contributed by atoms with E-state index in [2.05, 4.69) is 0 Å². The van der Waals surface area contributed by atoms with Gasteiger partial charge in [0, 0.05) is 19.0 Å². The first-order valence-corrected chi connectivity index (χ1v) is 5.71. The molecule has 1 amide bonds. The summed E-state index contributed by atoms with van der Waals surface area (Å²) in [6.07, 6.45) is 1.86. The standard InChI is InChI=1S/C10H10N2OS2/c1-11-8(6-7-4-3-5-15-7)9(13)12(2)10(11)14/h3-6H,1-2H3/b8-6+. The average Bonchev–Trinajstić information content (AvgIpc) is 2.79. The molecule has 1 aliphatic rings. The summed E-state index contributed by atoms with van der Waals surface area (Å²) < 4.78 is 0. The van der Waals surface area contributed by atoms with E-state index in [1.165, 1.54) is 4.90 Å². The molecule has 78 valence electrons. The van der Waals surface area contributed by atoms with Gasteiger partial charge in [-0.1, -0.05) is 6.07 Å². The van der Waals surface area contributed by atoms with Crippen LogP contribution in [-0.4, -0.2) is 34.9 Å². The van der Waals surface area contributed by atoms with Gasteiger partial charge in [-0.2, -0.15) is 0 Å². The van der Waals surface area contributed by atoms with Crippen LogP contribution in [0.2, 0.25) is 0 Å². The smallest absolute Gasteiger partial charge is 0.276 e.